The van der Waals surface area contributed by atoms with Gasteiger partial charge in [-0.2, -0.15) is 0 Å². The fourth-order valence-electron chi connectivity index (χ4n) is 2.64. The maximum absolute atomic E-state index is 12.1. The standard InChI is InChI=1S/C14H15N3O3/c18-13-12-9(14(19)20)4-3-5-10(12)15-11(16-13)8-17-6-1-2-7-17/h3-5H,1-2,6-8H2,(H,19,20)(H,15,16,18). The second-order valence-electron chi connectivity index (χ2n) is 5.00. The first-order valence-corrected chi connectivity index (χ1v) is 6.63. The van der Waals surface area contributed by atoms with Crippen LogP contribution in [-0.4, -0.2) is 39.0 Å². The second-order valence-corrected chi connectivity index (χ2v) is 5.00. The van der Waals surface area contributed by atoms with Gasteiger partial charge in [-0.1, -0.05) is 6.07 Å². The number of rotatable bonds is 3. The third-order valence-corrected chi connectivity index (χ3v) is 3.59. The van der Waals surface area contributed by atoms with Gasteiger partial charge in [0, 0.05) is 0 Å². The van der Waals surface area contributed by atoms with E-state index in [1.807, 2.05) is 0 Å². The van der Waals surface area contributed by atoms with Gasteiger partial charge in [0.25, 0.3) is 5.56 Å². The number of carbonyl (C=O) groups is 1. The van der Waals surface area contributed by atoms with E-state index >= 15 is 0 Å². The van der Waals surface area contributed by atoms with E-state index in [4.69, 9.17) is 5.11 Å². The SMILES string of the molecule is O=C(O)c1cccc2nc(CN3CCCC3)[nH]c(=O)c12. The molecule has 6 heteroatoms. The van der Waals surface area contributed by atoms with Crippen LogP contribution >= 0.6 is 0 Å². The number of aromatic amines is 1. The highest BCUT2D eigenvalue weighted by molar-refractivity contribution is 6.02. The van der Waals surface area contributed by atoms with Gasteiger partial charge in [-0.3, -0.25) is 9.69 Å². The number of carboxylic acid groups (broad SMARTS) is 1. The predicted molar refractivity (Wildman–Crippen MR) is 73.8 cm³/mol. The minimum absolute atomic E-state index is 0.0102. The van der Waals surface area contributed by atoms with Gasteiger partial charge in [0.2, 0.25) is 0 Å². The lowest BCUT2D eigenvalue weighted by Crippen LogP contribution is -2.23. The molecule has 0 spiro atoms. The molecule has 0 atom stereocenters. The molecule has 1 saturated heterocycles. The van der Waals surface area contributed by atoms with E-state index in [1.54, 1.807) is 12.1 Å². The molecule has 0 radical (unpaired) electrons. The zero-order valence-corrected chi connectivity index (χ0v) is 10.9. The molecule has 2 N–H and O–H groups in total. The summed E-state index contributed by atoms with van der Waals surface area (Å²) in [7, 11) is 0. The Morgan fingerprint density at radius 2 is 2.10 bits per heavy atom. The summed E-state index contributed by atoms with van der Waals surface area (Å²) in [5, 5.41) is 9.26. The van der Waals surface area contributed by atoms with Crippen LogP contribution in [0.25, 0.3) is 10.9 Å². The summed E-state index contributed by atoms with van der Waals surface area (Å²) >= 11 is 0. The molecule has 3 rings (SSSR count). The minimum atomic E-state index is -1.12. The van der Waals surface area contributed by atoms with Crippen molar-refractivity contribution in [2.45, 2.75) is 19.4 Å². The fraction of sp³-hybridized carbons (Fsp3) is 0.357. The number of hydrogen-bond donors (Lipinski definition) is 2. The zero-order chi connectivity index (χ0) is 14.1. The first-order valence-electron chi connectivity index (χ1n) is 6.63. The number of hydrogen-bond acceptors (Lipinski definition) is 4. The smallest absolute Gasteiger partial charge is 0.336 e. The molecule has 104 valence electrons. The van der Waals surface area contributed by atoms with Crippen molar-refractivity contribution in [2.75, 3.05) is 13.1 Å². The van der Waals surface area contributed by atoms with Crippen molar-refractivity contribution in [1.82, 2.24) is 14.9 Å². The number of fused-ring (bicyclic) bond motifs is 1. The Kier molecular flexibility index (Phi) is 3.23. The lowest BCUT2D eigenvalue weighted by molar-refractivity contribution is 0.0699. The molecule has 1 aromatic heterocycles. The van der Waals surface area contributed by atoms with E-state index in [0.29, 0.717) is 17.9 Å². The lowest BCUT2D eigenvalue weighted by Gasteiger charge is -2.13. The molecule has 0 bridgehead atoms. The fourth-order valence-corrected chi connectivity index (χ4v) is 2.64. The van der Waals surface area contributed by atoms with Crippen LogP contribution in [0.1, 0.15) is 29.0 Å². The summed E-state index contributed by atoms with van der Waals surface area (Å²) in [5.74, 6) is -0.526. The average Bonchev–Trinajstić information content (AvgIpc) is 2.90. The molecule has 0 aliphatic carbocycles. The van der Waals surface area contributed by atoms with Crippen LogP contribution in [-0.2, 0) is 6.54 Å². The molecular formula is C14H15N3O3. The monoisotopic (exact) mass is 273 g/mol. The van der Waals surface area contributed by atoms with Crippen molar-refractivity contribution < 1.29 is 9.90 Å². The zero-order valence-electron chi connectivity index (χ0n) is 10.9. The summed E-state index contributed by atoms with van der Waals surface area (Å²) in [6.45, 7) is 2.62. The Morgan fingerprint density at radius 1 is 1.35 bits per heavy atom. The number of carboxylic acids is 1. The highest BCUT2D eigenvalue weighted by Gasteiger charge is 2.16. The van der Waals surface area contributed by atoms with Gasteiger partial charge in [0.1, 0.15) is 5.82 Å². The van der Waals surface area contributed by atoms with Crippen molar-refractivity contribution in [3.05, 3.63) is 39.9 Å². The molecule has 1 aliphatic heterocycles. The number of H-pyrrole nitrogens is 1. The van der Waals surface area contributed by atoms with E-state index in [-0.39, 0.29) is 16.5 Å². The Balaban J connectivity index is 2.06. The Morgan fingerprint density at radius 3 is 2.80 bits per heavy atom. The van der Waals surface area contributed by atoms with Crippen LogP contribution in [0.4, 0.5) is 0 Å². The third-order valence-electron chi connectivity index (χ3n) is 3.59. The van der Waals surface area contributed by atoms with Crippen molar-refractivity contribution in [2.24, 2.45) is 0 Å². The van der Waals surface area contributed by atoms with Gasteiger partial charge in [-0.25, -0.2) is 9.78 Å². The van der Waals surface area contributed by atoms with Crippen molar-refractivity contribution in [3.63, 3.8) is 0 Å². The number of nitrogens with one attached hydrogen (secondary N) is 1. The van der Waals surface area contributed by atoms with E-state index in [2.05, 4.69) is 14.9 Å². The van der Waals surface area contributed by atoms with Crippen molar-refractivity contribution in [3.8, 4) is 0 Å². The molecule has 2 heterocycles. The third kappa shape index (κ3) is 2.30. The van der Waals surface area contributed by atoms with Gasteiger partial charge in [0.05, 0.1) is 23.0 Å². The van der Waals surface area contributed by atoms with E-state index in [9.17, 15) is 9.59 Å². The van der Waals surface area contributed by atoms with Gasteiger partial charge in [-0.15, -0.1) is 0 Å². The number of aromatic nitrogens is 2. The normalized spacial score (nSPS) is 15.8. The Labute approximate surface area is 115 Å². The minimum Gasteiger partial charge on any atom is -0.478 e. The second kappa shape index (κ2) is 5.05. The summed E-state index contributed by atoms with van der Waals surface area (Å²) < 4.78 is 0. The van der Waals surface area contributed by atoms with Gasteiger partial charge < -0.3 is 10.1 Å². The van der Waals surface area contributed by atoms with Crippen LogP contribution in [0.5, 0.6) is 0 Å². The summed E-state index contributed by atoms with van der Waals surface area (Å²) in [6, 6.07) is 4.70. The predicted octanol–water partition coefficient (Wildman–Crippen LogP) is 1.22. The molecule has 20 heavy (non-hydrogen) atoms. The van der Waals surface area contributed by atoms with Gasteiger partial charge in [-0.05, 0) is 38.1 Å². The molecule has 0 saturated carbocycles. The lowest BCUT2D eigenvalue weighted by atomic mass is 10.1. The molecule has 1 fully saturated rings. The number of likely N-dealkylation sites (tertiary alicyclic amines) is 1. The Hall–Kier alpha value is -2.21. The van der Waals surface area contributed by atoms with E-state index < -0.39 is 5.97 Å². The van der Waals surface area contributed by atoms with E-state index in [0.717, 1.165) is 13.1 Å². The molecular weight excluding hydrogens is 258 g/mol. The van der Waals surface area contributed by atoms with E-state index in [1.165, 1.54) is 18.9 Å². The largest absolute Gasteiger partial charge is 0.478 e. The first-order chi connectivity index (χ1) is 9.65. The molecule has 0 amide bonds. The van der Waals surface area contributed by atoms with Crippen LogP contribution < -0.4 is 5.56 Å². The highest BCUT2D eigenvalue weighted by atomic mass is 16.4. The summed E-state index contributed by atoms with van der Waals surface area (Å²) in [4.78, 5) is 32.6. The maximum Gasteiger partial charge on any atom is 0.336 e. The maximum atomic E-state index is 12.1. The molecule has 6 nitrogen and oxygen atoms in total. The number of aromatic carboxylic acids is 1. The summed E-state index contributed by atoms with van der Waals surface area (Å²) in [6.07, 6.45) is 2.34. The van der Waals surface area contributed by atoms with Gasteiger partial charge in [0.15, 0.2) is 0 Å². The average molecular weight is 273 g/mol. The van der Waals surface area contributed by atoms with Crippen molar-refractivity contribution in [1.29, 1.82) is 0 Å². The highest BCUT2D eigenvalue weighted by Crippen LogP contribution is 2.15. The molecule has 0 unspecified atom stereocenters. The molecule has 2 aromatic rings. The quantitative estimate of drug-likeness (QED) is 0.878. The summed E-state index contributed by atoms with van der Waals surface area (Å²) in [5.41, 5.74) is 0.0361. The number of nitrogens with zero attached hydrogens (tertiary/aromatic N) is 2. The number of benzene rings is 1. The first kappa shape index (κ1) is 12.8. The van der Waals surface area contributed by atoms with Gasteiger partial charge >= 0.3 is 5.97 Å². The van der Waals surface area contributed by atoms with Crippen LogP contribution in [0.15, 0.2) is 23.0 Å². The molecule has 1 aromatic carbocycles. The van der Waals surface area contributed by atoms with Crippen molar-refractivity contribution >= 4 is 16.9 Å². The Bertz CT molecular complexity index is 717. The van der Waals surface area contributed by atoms with Crippen LogP contribution in [0.3, 0.4) is 0 Å². The van der Waals surface area contributed by atoms with Crippen LogP contribution in [0, 0.1) is 0 Å². The topological polar surface area (TPSA) is 86.3 Å². The molecule has 1 aliphatic rings. The van der Waals surface area contributed by atoms with Crippen LogP contribution in [0.2, 0.25) is 0 Å².